The van der Waals surface area contributed by atoms with E-state index >= 15 is 0 Å². The van der Waals surface area contributed by atoms with E-state index in [2.05, 4.69) is 0 Å². The summed E-state index contributed by atoms with van der Waals surface area (Å²) in [6.45, 7) is 0. The van der Waals surface area contributed by atoms with Crippen LogP contribution in [-0.2, 0) is 0 Å². The van der Waals surface area contributed by atoms with Crippen molar-refractivity contribution >= 4 is 11.5 Å². The molecule has 0 aromatic heterocycles. The minimum absolute atomic E-state index is 0.116. The van der Waals surface area contributed by atoms with Crippen LogP contribution in [0.3, 0.4) is 0 Å². The minimum atomic E-state index is -4.87. The van der Waals surface area contributed by atoms with Gasteiger partial charge in [0.1, 0.15) is 0 Å². The molecule has 1 aromatic carbocycles. The van der Waals surface area contributed by atoms with Crippen LogP contribution < -0.4 is 5.73 Å². The van der Waals surface area contributed by atoms with Crippen LogP contribution in [0.25, 0.3) is 0 Å². The number of ketones is 1. The second-order valence-corrected chi connectivity index (χ2v) is 2.41. The van der Waals surface area contributed by atoms with E-state index in [1.165, 1.54) is 12.1 Å². The molecule has 13 heavy (non-hydrogen) atoms. The first-order valence-corrected chi connectivity index (χ1v) is 3.34. The fourth-order valence-electron chi connectivity index (χ4n) is 0.824. The Balaban J connectivity index is 3.03. The largest absolute Gasteiger partial charge is 0.454 e. The van der Waals surface area contributed by atoms with Gasteiger partial charge in [0.15, 0.2) is 0 Å². The van der Waals surface area contributed by atoms with Crippen molar-refractivity contribution in [1.29, 1.82) is 0 Å². The number of nitrogens with one attached hydrogen (secondary N) is 1. The average molecular weight is 188 g/mol. The molecule has 0 unspecified atom stereocenters. The van der Waals surface area contributed by atoms with E-state index in [1.54, 1.807) is 0 Å². The highest BCUT2D eigenvalue weighted by molar-refractivity contribution is 6.00. The van der Waals surface area contributed by atoms with E-state index in [1.807, 2.05) is 0 Å². The van der Waals surface area contributed by atoms with E-state index in [0.717, 1.165) is 12.1 Å². The number of hydrogen-bond acceptors (Lipinski definition) is 1. The average Bonchev–Trinajstić information content (AvgIpc) is 2.01. The second-order valence-electron chi connectivity index (χ2n) is 2.41. The van der Waals surface area contributed by atoms with Crippen molar-refractivity contribution in [3.63, 3.8) is 0 Å². The summed E-state index contributed by atoms with van der Waals surface area (Å²) < 4.78 is 35.6. The summed E-state index contributed by atoms with van der Waals surface area (Å²) in [6.07, 6.45) is -4.87. The van der Waals surface area contributed by atoms with Gasteiger partial charge in [0.25, 0.3) is 5.78 Å². The lowest BCUT2D eigenvalue weighted by atomic mass is 10.1. The van der Waals surface area contributed by atoms with Crippen molar-refractivity contribution in [3.8, 4) is 0 Å². The Morgan fingerprint density at radius 3 is 2.38 bits per heavy atom. The Hall–Kier alpha value is -1.52. The Labute approximate surface area is 72.2 Å². The van der Waals surface area contributed by atoms with Gasteiger partial charge in [-0.25, -0.2) is 0 Å². The smallest absolute Gasteiger partial charge is 0.301 e. The predicted molar refractivity (Wildman–Crippen MR) is 39.6 cm³/mol. The highest BCUT2D eigenvalue weighted by Gasteiger charge is 2.39. The number of carbonyl (C=O) groups excluding carboxylic acids is 1. The molecular weight excluding hydrogens is 183 g/mol. The van der Waals surface area contributed by atoms with E-state index in [-0.39, 0.29) is 5.69 Å². The quantitative estimate of drug-likeness (QED) is 0.623. The van der Waals surface area contributed by atoms with Crippen molar-refractivity contribution < 1.29 is 18.0 Å². The van der Waals surface area contributed by atoms with Gasteiger partial charge in [0, 0.05) is 5.56 Å². The third-order valence-electron chi connectivity index (χ3n) is 1.38. The summed E-state index contributed by atoms with van der Waals surface area (Å²) in [7, 11) is 0. The van der Waals surface area contributed by atoms with Gasteiger partial charge in [-0.2, -0.15) is 13.2 Å². The zero-order valence-corrected chi connectivity index (χ0v) is 6.35. The van der Waals surface area contributed by atoms with Crippen LogP contribution in [0, 0.1) is 0 Å². The van der Waals surface area contributed by atoms with Crippen LogP contribution in [-0.4, -0.2) is 12.0 Å². The van der Waals surface area contributed by atoms with Gasteiger partial charge in [0.2, 0.25) is 0 Å². The molecule has 0 amide bonds. The third kappa shape index (κ3) is 2.21. The molecule has 5 heteroatoms. The predicted octanol–water partition coefficient (Wildman–Crippen LogP) is 2.35. The molecule has 0 aliphatic heterocycles. The summed E-state index contributed by atoms with van der Waals surface area (Å²) >= 11 is 0. The van der Waals surface area contributed by atoms with Crippen LogP contribution in [0.15, 0.2) is 24.3 Å². The lowest BCUT2D eigenvalue weighted by Crippen LogP contribution is -2.22. The van der Waals surface area contributed by atoms with Gasteiger partial charge in [0.05, 0.1) is 5.69 Å². The van der Waals surface area contributed by atoms with Gasteiger partial charge in [-0.05, 0) is 12.1 Å². The zero-order valence-electron chi connectivity index (χ0n) is 6.35. The Bertz CT molecular complexity index is 332. The van der Waals surface area contributed by atoms with Crippen molar-refractivity contribution in [2.24, 2.45) is 0 Å². The molecule has 2 nitrogen and oxygen atoms in total. The molecule has 0 saturated heterocycles. The molecule has 0 aliphatic carbocycles. The molecule has 1 rings (SSSR count). The number of Topliss-reactive ketones (excluding diaryl/α,β-unsaturated/α-hetero) is 1. The van der Waals surface area contributed by atoms with E-state index in [9.17, 15) is 18.0 Å². The zero-order chi connectivity index (χ0) is 10.1. The Morgan fingerprint density at radius 2 is 1.92 bits per heavy atom. The fraction of sp³-hybridized carbons (Fsp3) is 0.125. The van der Waals surface area contributed by atoms with Gasteiger partial charge in [-0.3, -0.25) is 4.79 Å². The number of hydrogen-bond donors (Lipinski definition) is 0. The van der Waals surface area contributed by atoms with Crippen LogP contribution >= 0.6 is 0 Å². The SMILES string of the molecule is [NH]c1cccc(C(=O)C(F)(F)F)c1. The van der Waals surface area contributed by atoms with Crippen LogP contribution in [0.1, 0.15) is 10.4 Å². The van der Waals surface area contributed by atoms with Gasteiger partial charge in [-0.1, -0.05) is 12.1 Å². The van der Waals surface area contributed by atoms with Crippen molar-refractivity contribution in [2.45, 2.75) is 6.18 Å². The first-order chi connectivity index (χ1) is 5.91. The topological polar surface area (TPSA) is 40.9 Å². The number of benzene rings is 1. The molecule has 0 atom stereocenters. The van der Waals surface area contributed by atoms with Gasteiger partial charge < -0.3 is 5.73 Å². The van der Waals surface area contributed by atoms with E-state index in [0.29, 0.717) is 0 Å². The maximum atomic E-state index is 11.9. The number of rotatable bonds is 1. The van der Waals surface area contributed by atoms with E-state index in [4.69, 9.17) is 5.73 Å². The van der Waals surface area contributed by atoms with Crippen molar-refractivity contribution in [2.75, 3.05) is 0 Å². The summed E-state index contributed by atoms with van der Waals surface area (Å²) in [5, 5.41) is 0. The molecule has 1 N–H and O–H groups in total. The molecule has 0 aliphatic rings. The summed E-state index contributed by atoms with van der Waals surface area (Å²) in [6, 6.07) is 4.46. The number of alkyl halides is 3. The molecule has 0 bridgehead atoms. The first kappa shape index (κ1) is 9.57. The Kier molecular flexibility index (Phi) is 2.27. The molecule has 0 saturated carbocycles. The monoisotopic (exact) mass is 188 g/mol. The lowest BCUT2D eigenvalue weighted by molar-refractivity contribution is -0.0885. The van der Waals surface area contributed by atoms with Gasteiger partial charge >= 0.3 is 6.18 Å². The van der Waals surface area contributed by atoms with Gasteiger partial charge in [-0.15, -0.1) is 0 Å². The third-order valence-corrected chi connectivity index (χ3v) is 1.38. The molecular formula is C8H5F3NO. The standard InChI is InChI=1S/C8H5F3NO/c9-8(10,11)7(13)5-2-1-3-6(12)4-5/h1-4,12H. The maximum Gasteiger partial charge on any atom is 0.454 e. The normalized spacial score (nSPS) is 11.3. The summed E-state index contributed by atoms with van der Waals surface area (Å²) in [5.74, 6) is -1.92. The first-order valence-electron chi connectivity index (χ1n) is 3.34. The van der Waals surface area contributed by atoms with Crippen LogP contribution in [0.4, 0.5) is 18.9 Å². The Morgan fingerprint density at radius 1 is 1.31 bits per heavy atom. The molecule has 0 fully saturated rings. The maximum absolute atomic E-state index is 11.9. The van der Waals surface area contributed by atoms with Crippen LogP contribution in [0.5, 0.6) is 0 Å². The number of carbonyl (C=O) groups is 1. The van der Waals surface area contributed by atoms with Crippen molar-refractivity contribution in [3.05, 3.63) is 29.8 Å². The lowest BCUT2D eigenvalue weighted by Gasteiger charge is -2.04. The summed E-state index contributed by atoms with van der Waals surface area (Å²) in [5.41, 5.74) is 6.40. The highest BCUT2D eigenvalue weighted by Crippen LogP contribution is 2.22. The second kappa shape index (κ2) is 3.08. The van der Waals surface area contributed by atoms with Crippen LogP contribution in [0.2, 0.25) is 0 Å². The molecule has 1 radical (unpaired) electrons. The number of halogens is 3. The molecule has 0 heterocycles. The van der Waals surface area contributed by atoms with Crippen molar-refractivity contribution in [1.82, 2.24) is 5.73 Å². The highest BCUT2D eigenvalue weighted by atomic mass is 19.4. The minimum Gasteiger partial charge on any atom is -0.301 e. The molecule has 0 spiro atoms. The summed E-state index contributed by atoms with van der Waals surface area (Å²) in [4.78, 5) is 10.6. The van der Waals surface area contributed by atoms with E-state index < -0.39 is 17.5 Å². The fourth-order valence-corrected chi connectivity index (χ4v) is 0.824. The molecule has 1 aromatic rings. The molecule has 69 valence electrons.